The van der Waals surface area contributed by atoms with Crippen molar-refractivity contribution in [2.75, 3.05) is 60.0 Å². The van der Waals surface area contributed by atoms with E-state index in [2.05, 4.69) is 89.9 Å². The first-order valence-electron chi connectivity index (χ1n) is 25.2. The minimum absolute atomic E-state index is 0.0764. The summed E-state index contributed by atoms with van der Waals surface area (Å²) in [6.45, 7) is 22.1. The first-order valence-corrected chi connectivity index (χ1v) is 25.2. The van der Waals surface area contributed by atoms with Crippen molar-refractivity contribution in [1.29, 1.82) is 0 Å². The Labute approximate surface area is 414 Å². The number of aryl methyl sites for hydroxylation is 1. The van der Waals surface area contributed by atoms with Crippen LogP contribution in [0.3, 0.4) is 0 Å². The van der Waals surface area contributed by atoms with Gasteiger partial charge < -0.3 is 34.5 Å². The molecule has 380 valence electrons. The van der Waals surface area contributed by atoms with Crippen molar-refractivity contribution < 1.29 is 33.4 Å². The highest BCUT2D eigenvalue weighted by atomic mass is 16.5. The van der Waals surface area contributed by atoms with E-state index in [1.807, 2.05) is 37.1 Å². The van der Waals surface area contributed by atoms with E-state index >= 15 is 0 Å². The van der Waals surface area contributed by atoms with Crippen molar-refractivity contribution in [3.63, 3.8) is 0 Å². The molecule has 3 fully saturated rings. The monoisotopic (exact) mass is 964 g/mol. The number of amides is 4. The number of rotatable bonds is 20. The van der Waals surface area contributed by atoms with E-state index in [0.29, 0.717) is 32.4 Å². The fraction of sp³-hybridized carbons (Fsp3) is 0.556. The lowest BCUT2D eigenvalue weighted by Crippen LogP contribution is -2.58. The maximum atomic E-state index is 14.1. The Morgan fingerprint density at radius 3 is 2.33 bits per heavy atom. The van der Waals surface area contributed by atoms with Gasteiger partial charge in [0.05, 0.1) is 36.3 Å². The number of hydrogen-bond acceptors (Lipinski definition) is 10. The van der Waals surface area contributed by atoms with E-state index in [4.69, 9.17) is 14.6 Å². The van der Waals surface area contributed by atoms with Crippen LogP contribution in [0.15, 0.2) is 61.3 Å². The van der Waals surface area contributed by atoms with Gasteiger partial charge in [-0.1, -0.05) is 64.6 Å². The molecule has 4 amide bonds. The van der Waals surface area contributed by atoms with Crippen LogP contribution in [0.5, 0.6) is 0 Å². The van der Waals surface area contributed by atoms with Gasteiger partial charge in [-0.05, 0) is 118 Å². The number of carbonyl (C=O) groups excluding carboxylic acids is 5. The zero-order valence-corrected chi connectivity index (χ0v) is 42.8. The number of hydrazine groups is 1. The molecule has 16 heteroatoms. The maximum Gasteiger partial charge on any atom is 0.293 e. The van der Waals surface area contributed by atoms with Crippen LogP contribution in [0.4, 0.5) is 0 Å². The van der Waals surface area contributed by atoms with Gasteiger partial charge in [-0.25, -0.2) is 5.43 Å². The van der Waals surface area contributed by atoms with Gasteiger partial charge in [0, 0.05) is 75.2 Å². The largest absolute Gasteiger partial charge is 0.467 e. The summed E-state index contributed by atoms with van der Waals surface area (Å²) in [6.07, 6.45) is 10.8. The second kappa shape index (κ2) is 24.8. The molecule has 70 heavy (non-hydrogen) atoms. The lowest BCUT2D eigenvalue weighted by atomic mass is 9.84. The fourth-order valence-corrected chi connectivity index (χ4v) is 10.3. The van der Waals surface area contributed by atoms with Gasteiger partial charge in [-0.15, -0.1) is 0 Å². The number of aromatic nitrogens is 3. The van der Waals surface area contributed by atoms with Crippen LogP contribution < -0.4 is 16.1 Å². The number of likely N-dealkylation sites (tertiary alicyclic amines) is 1. The summed E-state index contributed by atoms with van der Waals surface area (Å²) in [7, 11) is 3.33. The van der Waals surface area contributed by atoms with Gasteiger partial charge >= 0.3 is 0 Å². The van der Waals surface area contributed by atoms with E-state index in [9.17, 15) is 24.0 Å². The van der Waals surface area contributed by atoms with Crippen LogP contribution in [-0.4, -0.2) is 132 Å². The van der Waals surface area contributed by atoms with Crippen molar-refractivity contribution in [2.24, 2.45) is 11.3 Å². The Balaban J connectivity index is 0.000000802. The summed E-state index contributed by atoms with van der Waals surface area (Å²) in [5.41, 5.74) is 11.1. The standard InChI is InChI=1S/C47H66N8O6.C7H11NO/c1-9-53-41-16-15-35(34-14-12-13-33(23-34)24-40(46(59)54-22-11-10-19-49-54)51-45(58)42(31(2)3)52(7)29-56)25-37(41)38(26-47(5,6)28-61-30-57)44(53)39-27-50-55(43(39)32(4)60-8)36-17-20-48-21-18-36;1-2-7(9)8-5-3-4-6-8/h12-16,23,25,27,29-32,36,40,42,48-49H,9-11,17-22,24,26,28H2,1-8H3,(H,51,58);2H,1,3-6H2. The number of likely N-dealkylation sites (N-methyl/N-ethyl adjacent to an activating group) is 1. The number of piperidine rings is 1. The van der Waals surface area contributed by atoms with E-state index in [1.54, 1.807) is 19.2 Å². The normalized spacial score (nSPS) is 16.8. The molecule has 5 heterocycles. The Kier molecular flexibility index (Phi) is 19.0. The molecule has 3 N–H and O–H groups in total. The minimum atomic E-state index is -0.852. The Hall–Kier alpha value is -5.84. The number of nitrogens with one attached hydrogen (secondary N) is 3. The zero-order chi connectivity index (χ0) is 50.5. The van der Waals surface area contributed by atoms with Crippen molar-refractivity contribution in [3.8, 4) is 22.4 Å². The van der Waals surface area contributed by atoms with Gasteiger partial charge in [-0.3, -0.25) is 33.7 Å². The molecule has 2 aromatic carbocycles. The minimum Gasteiger partial charge on any atom is -0.467 e. The second-order valence-corrected chi connectivity index (χ2v) is 20.1. The van der Waals surface area contributed by atoms with Crippen LogP contribution in [0.1, 0.15) is 109 Å². The van der Waals surface area contributed by atoms with Crippen LogP contribution >= 0.6 is 0 Å². The van der Waals surface area contributed by atoms with E-state index in [-0.39, 0.29) is 54.2 Å². The highest BCUT2D eigenvalue weighted by Crippen LogP contribution is 2.43. The third-order valence-electron chi connectivity index (χ3n) is 14.0. The summed E-state index contributed by atoms with van der Waals surface area (Å²) in [5.74, 6) is -0.654. The van der Waals surface area contributed by atoms with Gasteiger partial charge in [-0.2, -0.15) is 5.10 Å². The average Bonchev–Trinajstić information content (AvgIpc) is 4.14. The highest BCUT2D eigenvalue weighted by Gasteiger charge is 2.34. The van der Waals surface area contributed by atoms with Gasteiger partial charge in [0.1, 0.15) is 12.1 Å². The van der Waals surface area contributed by atoms with Crippen LogP contribution in [-0.2, 0) is 52.8 Å². The fourth-order valence-electron chi connectivity index (χ4n) is 10.3. The predicted molar refractivity (Wildman–Crippen MR) is 273 cm³/mol. The summed E-state index contributed by atoms with van der Waals surface area (Å²) < 4.78 is 16.0. The molecular formula is C54H77N9O7. The molecule has 0 radical (unpaired) electrons. The van der Waals surface area contributed by atoms with Crippen LogP contribution in [0.25, 0.3) is 33.3 Å². The van der Waals surface area contributed by atoms with E-state index < -0.39 is 12.1 Å². The molecular weight excluding hydrogens is 887 g/mol. The number of nitrogens with zero attached hydrogens (tertiary/aromatic N) is 6. The van der Waals surface area contributed by atoms with Gasteiger partial charge in [0.15, 0.2) is 0 Å². The number of benzene rings is 2. The van der Waals surface area contributed by atoms with Gasteiger partial charge in [0.25, 0.3) is 12.4 Å². The second-order valence-electron chi connectivity index (χ2n) is 20.1. The zero-order valence-electron chi connectivity index (χ0n) is 42.8. The van der Waals surface area contributed by atoms with Crippen LogP contribution in [0.2, 0.25) is 0 Å². The summed E-state index contributed by atoms with van der Waals surface area (Å²) in [5, 5.41) is 14.3. The molecule has 0 spiro atoms. The Bertz CT molecular complexity index is 2420. The third-order valence-corrected chi connectivity index (χ3v) is 14.0. The molecule has 3 atom stereocenters. The first kappa shape index (κ1) is 53.5. The quantitative estimate of drug-likeness (QED) is 0.0646. The van der Waals surface area contributed by atoms with Crippen molar-refractivity contribution in [3.05, 3.63) is 78.1 Å². The lowest BCUT2D eigenvalue weighted by molar-refractivity contribution is -0.142. The number of ether oxygens (including phenoxy) is 2. The molecule has 16 nitrogen and oxygen atoms in total. The van der Waals surface area contributed by atoms with Crippen molar-refractivity contribution in [1.82, 2.24) is 45.2 Å². The third kappa shape index (κ3) is 12.7. The molecule has 0 aliphatic carbocycles. The van der Waals surface area contributed by atoms with E-state index in [1.165, 1.54) is 11.0 Å². The maximum absolute atomic E-state index is 14.1. The lowest BCUT2D eigenvalue weighted by Gasteiger charge is -2.33. The first-order chi connectivity index (χ1) is 33.7. The summed E-state index contributed by atoms with van der Waals surface area (Å²) in [6, 6.07) is 13.4. The molecule has 2 aromatic heterocycles. The molecule has 0 bridgehead atoms. The van der Waals surface area contributed by atoms with Gasteiger partial charge in [0.2, 0.25) is 18.2 Å². The molecule has 4 aromatic rings. The number of fused-ring (bicyclic) bond motifs is 1. The molecule has 3 aliphatic heterocycles. The molecule has 7 rings (SSSR count). The summed E-state index contributed by atoms with van der Waals surface area (Å²) >= 11 is 0. The predicted octanol–water partition coefficient (Wildman–Crippen LogP) is 6.63. The number of methoxy groups -OCH3 is 1. The van der Waals surface area contributed by atoms with E-state index in [0.717, 1.165) is 121 Å². The smallest absolute Gasteiger partial charge is 0.293 e. The number of hydrogen-bond donors (Lipinski definition) is 3. The summed E-state index contributed by atoms with van der Waals surface area (Å²) in [4.78, 5) is 65.0. The molecule has 3 unspecified atom stereocenters. The van der Waals surface area contributed by atoms with Crippen molar-refractivity contribution >= 4 is 41.5 Å². The topological polar surface area (TPSA) is 172 Å². The molecule has 3 saturated heterocycles. The Morgan fingerprint density at radius 1 is 0.986 bits per heavy atom. The molecule has 0 saturated carbocycles. The van der Waals surface area contributed by atoms with Crippen molar-refractivity contribution in [2.45, 2.75) is 124 Å². The average molecular weight is 964 g/mol. The van der Waals surface area contributed by atoms with Crippen LogP contribution in [0, 0.1) is 11.3 Å². The Morgan fingerprint density at radius 2 is 1.70 bits per heavy atom. The highest BCUT2D eigenvalue weighted by molar-refractivity contribution is 5.95. The molecule has 3 aliphatic rings. The SMILES string of the molecule is C=CC(=O)N1CCCC1.CCn1c(-c2cnn(C3CCNCC3)c2C(C)OC)c(CC(C)(C)COC=O)c2cc(-c3cccc(CC(NC(=O)C(C(C)C)N(C)C=O)C(=O)N4CCCCN4)c3)ccc21. The number of carbonyl (C=O) groups is 5.